The van der Waals surface area contributed by atoms with Crippen molar-refractivity contribution in [2.24, 2.45) is 0 Å². The van der Waals surface area contributed by atoms with Gasteiger partial charge < -0.3 is 9.88 Å². The number of halogens is 1. The molecule has 1 fully saturated rings. The number of nitrogens with one attached hydrogen (secondary N) is 1. The normalized spacial score (nSPS) is 15.3. The van der Waals surface area contributed by atoms with Crippen LogP contribution in [0.25, 0.3) is 17.0 Å². The fraction of sp³-hybridized carbons (Fsp3) is 0.250. The number of hydrogen-bond acceptors (Lipinski definition) is 6. The van der Waals surface area contributed by atoms with Crippen LogP contribution in [0.5, 0.6) is 0 Å². The number of anilines is 1. The Morgan fingerprint density at radius 1 is 1.14 bits per heavy atom. The van der Waals surface area contributed by atoms with Gasteiger partial charge in [-0.3, -0.25) is 9.69 Å². The minimum absolute atomic E-state index is 0.173. The van der Waals surface area contributed by atoms with Crippen molar-refractivity contribution in [2.75, 3.05) is 31.1 Å². The molecule has 0 radical (unpaired) electrons. The number of thiophene rings is 1. The number of imidazole rings is 1. The van der Waals surface area contributed by atoms with Crippen molar-refractivity contribution >= 4 is 39.7 Å². The summed E-state index contributed by atoms with van der Waals surface area (Å²) in [6, 6.07) is 9.76. The summed E-state index contributed by atoms with van der Waals surface area (Å²) < 4.78 is 1.22. The number of nitrogens with zero attached hydrogens (tertiary/aromatic N) is 5. The summed E-state index contributed by atoms with van der Waals surface area (Å²) in [6.45, 7) is 4.40. The molecule has 148 valence electrons. The second kappa shape index (κ2) is 7.62. The lowest BCUT2D eigenvalue weighted by Gasteiger charge is -2.36. The molecule has 5 rings (SSSR count). The van der Waals surface area contributed by atoms with Gasteiger partial charge in [0.1, 0.15) is 5.02 Å². The third-order valence-corrected chi connectivity index (χ3v) is 6.26. The van der Waals surface area contributed by atoms with E-state index in [1.807, 2.05) is 24.3 Å². The zero-order valence-corrected chi connectivity index (χ0v) is 17.2. The number of fused-ring (bicyclic) bond motifs is 1. The molecule has 1 aromatic carbocycles. The molecule has 0 unspecified atom stereocenters. The lowest BCUT2D eigenvalue weighted by atomic mass is 10.2. The van der Waals surface area contributed by atoms with Crippen molar-refractivity contribution in [3.63, 3.8) is 0 Å². The first kappa shape index (κ1) is 18.4. The van der Waals surface area contributed by atoms with Crippen LogP contribution in [0.15, 0.2) is 52.1 Å². The number of H-pyrrole nitrogens is 1. The van der Waals surface area contributed by atoms with E-state index in [0.29, 0.717) is 11.6 Å². The highest BCUT2D eigenvalue weighted by Crippen LogP contribution is 2.23. The molecule has 1 N–H and O–H groups in total. The van der Waals surface area contributed by atoms with Gasteiger partial charge in [-0.05, 0) is 34.5 Å². The molecule has 0 spiro atoms. The number of aromatic amines is 1. The predicted molar refractivity (Wildman–Crippen MR) is 116 cm³/mol. The molecule has 9 heteroatoms. The standard InChI is InChI=1S/C20H19ClN6OS/c21-18-17(26-8-6-25(7-9-26)12-14-5-10-29-13-14)11-22-27(19(18)28)20-23-15-3-1-2-4-16(15)24-20/h1-5,10-11,13H,6-9,12H2,(H,23,24). The van der Waals surface area contributed by atoms with Crippen LogP contribution in [0.2, 0.25) is 5.02 Å². The maximum absolute atomic E-state index is 12.9. The Labute approximate surface area is 176 Å². The zero-order valence-electron chi connectivity index (χ0n) is 15.6. The van der Waals surface area contributed by atoms with E-state index in [-0.39, 0.29) is 10.6 Å². The molecule has 1 aliphatic heterocycles. The van der Waals surface area contributed by atoms with E-state index in [4.69, 9.17) is 11.6 Å². The van der Waals surface area contributed by atoms with Gasteiger partial charge in [-0.25, -0.2) is 4.98 Å². The van der Waals surface area contributed by atoms with E-state index in [2.05, 4.69) is 41.7 Å². The van der Waals surface area contributed by atoms with Crippen molar-refractivity contribution in [1.29, 1.82) is 0 Å². The summed E-state index contributed by atoms with van der Waals surface area (Å²) in [5.41, 5.74) is 3.27. The van der Waals surface area contributed by atoms with Gasteiger partial charge in [-0.1, -0.05) is 23.7 Å². The van der Waals surface area contributed by atoms with Gasteiger partial charge in [0.15, 0.2) is 0 Å². The van der Waals surface area contributed by atoms with Gasteiger partial charge in [0.05, 0.1) is 22.9 Å². The number of rotatable bonds is 4. The van der Waals surface area contributed by atoms with Gasteiger partial charge >= 0.3 is 0 Å². The van der Waals surface area contributed by atoms with E-state index in [1.165, 1.54) is 10.2 Å². The maximum Gasteiger partial charge on any atom is 0.295 e. The van der Waals surface area contributed by atoms with Crippen LogP contribution in [0.4, 0.5) is 5.69 Å². The van der Waals surface area contributed by atoms with Crippen molar-refractivity contribution in [1.82, 2.24) is 24.6 Å². The first-order valence-electron chi connectivity index (χ1n) is 9.40. The van der Waals surface area contributed by atoms with E-state index in [1.54, 1.807) is 17.5 Å². The molecule has 29 heavy (non-hydrogen) atoms. The molecule has 7 nitrogen and oxygen atoms in total. The molecule has 0 aliphatic carbocycles. The lowest BCUT2D eigenvalue weighted by molar-refractivity contribution is 0.250. The average molecular weight is 427 g/mol. The minimum Gasteiger partial charge on any atom is -0.366 e. The smallest absolute Gasteiger partial charge is 0.295 e. The second-order valence-corrected chi connectivity index (χ2v) is 8.19. The highest BCUT2D eigenvalue weighted by molar-refractivity contribution is 7.07. The van der Waals surface area contributed by atoms with Gasteiger partial charge in [-0.2, -0.15) is 21.1 Å². The lowest BCUT2D eigenvalue weighted by Crippen LogP contribution is -2.46. The van der Waals surface area contributed by atoms with E-state index in [9.17, 15) is 4.79 Å². The number of hydrogen-bond donors (Lipinski definition) is 1. The van der Waals surface area contributed by atoms with Gasteiger partial charge in [0.25, 0.3) is 5.56 Å². The molecule has 0 atom stereocenters. The Hall–Kier alpha value is -2.68. The molecule has 4 aromatic rings. The van der Waals surface area contributed by atoms with Crippen LogP contribution >= 0.6 is 22.9 Å². The summed E-state index contributed by atoms with van der Waals surface area (Å²) >= 11 is 8.19. The Bertz CT molecular complexity index is 1160. The molecule has 0 saturated carbocycles. The van der Waals surface area contributed by atoms with Crippen molar-refractivity contribution in [3.05, 3.63) is 68.2 Å². The first-order valence-corrected chi connectivity index (χ1v) is 10.7. The van der Waals surface area contributed by atoms with Crippen LogP contribution in [0.1, 0.15) is 5.56 Å². The highest BCUT2D eigenvalue weighted by atomic mass is 35.5. The Morgan fingerprint density at radius 3 is 2.72 bits per heavy atom. The molecule has 3 aromatic heterocycles. The highest BCUT2D eigenvalue weighted by Gasteiger charge is 2.22. The number of aromatic nitrogens is 4. The van der Waals surface area contributed by atoms with Gasteiger partial charge in [0, 0.05) is 32.7 Å². The summed E-state index contributed by atoms with van der Waals surface area (Å²) in [5.74, 6) is 0.366. The fourth-order valence-corrected chi connectivity index (χ4v) is 4.53. The largest absolute Gasteiger partial charge is 0.366 e. The fourth-order valence-electron chi connectivity index (χ4n) is 3.62. The average Bonchev–Trinajstić information content (AvgIpc) is 3.40. The minimum atomic E-state index is -0.371. The Balaban J connectivity index is 1.35. The summed E-state index contributed by atoms with van der Waals surface area (Å²) in [7, 11) is 0. The van der Waals surface area contributed by atoms with Crippen molar-refractivity contribution in [2.45, 2.75) is 6.54 Å². The second-order valence-electron chi connectivity index (χ2n) is 7.03. The summed E-state index contributed by atoms with van der Waals surface area (Å²) in [5, 5.41) is 8.80. The zero-order chi connectivity index (χ0) is 19.8. The Morgan fingerprint density at radius 2 is 1.97 bits per heavy atom. The van der Waals surface area contributed by atoms with Gasteiger partial charge in [0.2, 0.25) is 5.95 Å². The number of benzene rings is 1. The number of para-hydroxylation sites is 2. The molecular formula is C20H19ClN6OS. The first-order chi connectivity index (χ1) is 14.2. The third-order valence-electron chi connectivity index (χ3n) is 5.18. The molecular weight excluding hydrogens is 408 g/mol. The van der Waals surface area contributed by atoms with Crippen molar-refractivity contribution in [3.8, 4) is 5.95 Å². The molecule has 0 bridgehead atoms. The van der Waals surface area contributed by atoms with Crippen LogP contribution in [-0.2, 0) is 6.54 Å². The topological polar surface area (TPSA) is 70.1 Å². The molecule has 0 amide bonds. The Kier molecular flexibility index (Phi) is 4.83. The summed E-state index contributed by atoms with van der Waals surface area (Å²) in [6.07, 6.45) is 1.66. The van der Waals surface area contributed by atoms with Crippen LogP contribution < -0.4 is 10.5 Å². The van der Waals surface area contributed by atoms with Crippen molar-refractivity contribution < 1.29 is 0 Å². The SMILES string of the molecule is O=c1c(Cl)c(N2CCN(Cc3ccsc3)CC2)cnn1-c1nc2ccccc2[nH]1. The molecule has 1 aliphatic rings. The van der Waals surface area contributed by atoms with E-state index >= 15 is 0 Å². The number of piperazine rings is 1. The van der Waals surface area contributed by atoms with Crippen LogP contribution in [0, 0.1) is 0 Å². The monoisotopic (exact) mass is 426 g/mol. The predicted octanol–water partition coefficient (Wildman–Crippen LogP) is 3.15. The van der Waals surface area contributed by atoms with Gasteiger partial charge in [-0.15, -0.1) is 0 Å². The van der Waals surface area contributed by atoms with Crippen LogP contribution in [0.3, 0.4) is 0 Å². The van der Waals surface area contributed by atoms with Crippen LogP contribution in [-0.4, -0.2) is 50.8 Å². The third kappa shape index (κ3) is 3.55. The maximum atomic E-state index is 12.9. The summed E-state index contributed by atoms with van der Waals surface area (Å²) in [4.78, 5) is 25.0. The van der Waals surface area contributed by atoms with E-state index < -0.39 is 0 Å². The molecule has 4 heterocycles. The van der Waals surface area contributed by atoms with E-state index in [0.717, 1.165) is 43.8 Å². The quantitative estimate of drug-likeness (QED) is 0.543. The molecule has 1 saturated heterocycles.